The van der Waals surface area contributed by atoms with Gasteiger partial charge in [-0.3, -0.25) is 0 Å². The Morgan fingerprint density at radius 1 is 1.47 bits per heavy atom. The molecule has 1 aromatic rings. The Bertz CT molecular complexity index is 371. The minimum absolute atomic E-state index is 0.0371. The van der Waals surface area contributed by atoms with Gasteiger partial charge in [0.05, 0.1) is 12.7 Å². The highest BCUT2D eigenvalue weighted by molar-refractivity contribution is 5.91. The fourth-order valence-electron chi connectivity index (χ4n) is 1.41. The van der Waals surface area contributed by atoms with Crippen LogP contribution in [-0.2, 0) is 11.2 Å². The lowest BCUT2D eigenvalue weighted by Gasteiger charge is -2.09. The second-order valence-electron chi connectivity index (χ2n) is 3.21. The van der Waals surface area contributed by atoms with Crippen molar-refractivity contribution < 1.29 is 19.7 Å². The second-order valence-corrected chi connectivity index (χ2v) is 3.21. The summed E-state index contributed by atoms with van der Waals surface area (Å²) in [7, 11) is 1.29. The maximum Gasteiger partial charge on any atom is 0.338 e. The van der Waals surface area contributed by atoms with Crippen molar-refractivity contribution in [1.29, 1.82) is 0 Å². The zero-order valence-electron chi connectivity index (χ0n) is 8.78. The van der Waals surface area contributed by atoms with Crippen molar-refractivity contribution in [2.24, 2.45) is 0 Å². The van der Waals surface area contributed by atoms with E-state index in [4.69, 9.17) is 5.11 Å². The third kappa shape index (κ3) is 2.27. The topological polar surface area (TPSA) is 66.8 Å². The first-order valence-corrected chi connectivity index (χ1v) is 4.62. The lowest BCUT2D eigenvalue weighted by molar-refractivity contribution is 0.0599. The molecule has 4 heteroatoms. The van der Waals surface area contributed by atoms with Crippen molar-refractivity contribution in [3.8, 4) is 5.75 Å². The van der Waals surface area contributed by atoms with Crippen molar-refractivity contribution in [2.45, 2.75) is 13.3 Å². The Kier molecular flexibility index (Phi) is 3.68. The van der Waals surface area contributed by atoms with Gasteiger partial charge in [-0.15, -0.1) is 0 Å². The smallest absolute Gasteiger partial charge is 0.338 e. The molecule has 0 aliphatic carbocycles. The number of carbonyl (C=O) groups is 1. The first-order valence-electron chi connectivity index (χ1n) is 4.62. The molecule has 2 N–H and O–H groups in total. The quantitative estimate of drug-likeness (QED) is 0.731. The Hall–Kier alpha value is -1.55. The lowest BCUT2D eigenvalue weighted by atomic mass is 10.0. The summed E-state index contributed by atoms with van der Waals surface area (Å²) in [5.41, 5.74) is 1.45. The van der Waals surface area contributed by atoms with Gasteiger partial charge in [-0.25, -0.2) is 4.79 Å². The molecular weight excluding hydrogens is 196 g/mol. The Morgan fingerprint density at radius 3 is 2.67 bits per heavy atom. The molecule has 0 amide bonds. The third-order valence-electron chi connectivity index (χ3n) is 2.30. The maximum atomic E-state index is 11.3. The molecular formula is C11H14O4. The number of rotatable bonds is 3. The average molecular weight is 210 g/mol. The van der Waals surface area contributed by atoms with E-state index in [1.165, 1.54) is 7.11 Å². The summed E-state index contributed by atoms with van der Waals surface area (Å²) in [5.74, 6) is -0.426. The summed E-state index contributed by atoms with van der Waals surface area (Å²) in [4.78, 5) is 11.3. The van der Waals surface area contributed by atoms with Gasteiger partial charge in [0.1, 0.15) is 5.75 Å². The van der Waals surface area contributed by atoms with Crippen LogP contribution >= 0.6 is 0 Å². The van der Waals surface area contributed by atoms with Crippen molar-refractivity contribution in [2.75, 3.05) is 13.7 Å². The van der Waals surface area contributed by atoms with E-state index in [2.05, 4.69) is 4.74 Å². The Morgan fingerprint density at radius 2 is 2.13 bits per heavy atom. The first kappa shape index (κ1) is 11.5. The van der Waals surface area contributed by atoms with Gasteiger partial charge in [0.2, 0.25) is 0 Å². The molecule has 0 radical (unpaired) electrons. The van der Waals surface area contributed by atoms with Crippen LogP contribution < -0.4 is 0 Å². The zero-order valence-corrected chi connectivity index (χ0v) is 8.78. The van der Waals surface area contributed by atoms with Crippen LogP contribution in [0, 0.1) is 6.92 Å². The average Bonchev–Trinajstić information content (AvgIpc) is 2.24. The molecule has 0 heterocycles. The molecule has 0 spiro atoms. The normalized spacial score (nSPS) is 10.1. The van der Waals surface area contributed by atoms with Crippen LogP contribution in [0.4, 0.5) is 0 Å². The number of hydrogen-bond acceptors (Lipinski definition) is 4. The van der Waals surface area contributed by atoms with Gasteiger partial charge in [0.15, 0.2) is 0 Å². The van der Waals surface area contributed by atoms with E-state index in [0.717, 1.165) is 0 Å². The number of ether oxygens (including phenoxy) is 1. The molecule has 4 nitrogen and oxygen atoms in total. The number of benzene rings is 1. The van der Waals surface area contributed by atoms with Gasteiger partial charge in [-0.2, -0.15) is 0 Å². The zero-order chi connectivity index (χ0) is 11.4. The molecule has 0 unspecified atom stereocenters. The van der Waals surface area contributed by atoms with E-state index in [0.29, 0.717) is 23.1 Å². The van der Waals surface area contributed by atoms with Crippen LogP contribution in [-0.4, -0.2) is 29.9 Å². The molecule has 1 rings (SSSR count). The number of phenolic OH excluding ortho intramolecular Hbond substituents is 1. The number of phenols is 1. The number of methoxy groups -OCH3 is 1. The summed E-state index contributed by atoms with van der Waals surface area (Å²) in [6.45, 7) is 1.60. The molecule has 0 saturated carbocycles. The van der Waals surface area contributed by atoms with E-state index >= 15 is 0 Å². The molecule has 0 saturated heterocycles. The molecule has 15 heavy (non-hydrogen) atoms. The highest BCUT2D eigenvalue weighted by atomic mass is 16.5. The number of carbonyl (C=O) groups excluding carboxylic acids is 1. The van der Waals surface area contributed by atoms with Crippen LogP contribution in [0.1, 0.15) is 21.5 Å². The highest BCUT2D eigenvalue weighted by Crippen LogP contribution is 2.26. The Balaban J connectivity index is 3.15. The second kappa shape index (κ2) is 4.79. The monoisotopic (exact) mass is 210 g/mol. The van der Waals surface area contributed by atoms with E-state index in [-0.39, 0.29) is 12.4 Å². The summed E-state index contributed by atoms with van der Waals surface area (Å²) in [5, 5.41) is 18.5. The standard InChI is InChI=1S/C11H14O4/c1-7-9(11(14)15-2)4-3-8(5-6-12)10(7)13/h3-4,12-13H,5-6H2,1-2H3. The molecule has 82 valence electrons. The minimum atomic E-state index is -0.474. The van der Waals surface area contributed by atoms with Crippen molar-refractivity contribution >= 4 is 5.97 Å². The highest BCUT2D eigenvalue weighted by Gasteiger charge is 2.14. The van der Waals surface area contributed by atoms with Gasteiger partial charge >= 0.3 is 5.97 Å². The number of aliphatic hydroxyl groups is 1. The third-order valence-corrected chi connectivity index (χ3v) is 2.30. The van der Waals surface area contributed by atoms with E-state index in [1.54, 1.807) is 19.1 Å². The SMILES string of the molecule is COC(=O)c1ccc(CCO)c(O)c1C. The van der Waals surface area contributed by atoms with Gasteiger partial charge in [0, 0.05) is 12.2 Å². The predicted octanol–water partition coefficient (Wildman–Crippen LogP) is 1.02. The van der Waals surface area contributed by atoms with Crippen molar-refractivity contribution in [3.05, 3.63) is 28.8 Å². The van der Waals surface area contributed by atoms with Gasteiger partial charge in [-0.05, 0) is 25.0 Å². The van der Waals surface area contributed by atoms with Gasteiger partial charge in [0.25, 0.3) is 0 Å². The summed E-state index contributed by atoms with van der Waals surface area (Å²) < 4.78 is 4.57. The number of esters is 1. The summed E-state index contributed by atoms with van der Waals surface area (Å²) in [6, 6.07) is 3.21. The molecule has 0 bridgehead atoms. The largest absolute Gasteiger partial charge is 0.507 e. The molecule has 0 aliphatic rings. The van der Waals surface area contributed by atoms with E-state index < -0.39 is 5.97 Å². The fraction of sp³-hybridized carbons (Fsp3) is 0.364. The molecule has 0 fully saturated rings. The van der Waals surface area contributed by atoms with Crippen LogP contribution in [0.2, 0.25) is 0 Å². The van der Waals surface area contributed by atoms with Gasteiger partial charge < -0.3 is 14.9 Å². The minimum Gasteiger partial charge on any atom is -0.507 e. The summed E-state index contributed by atoms with van der Waals surface area (Å²) >= 11 is 0. The van der Waals surface area contributed by atoms with Crippen molar-refractivity contribution in [1.82, 2.24) is 0 Å². The van der Waals surface area contributed by atoms with E-state index in [1.807, 2.05) is 0 Å². The fourth-order valence-corrected chi connectivity index (χ4v) is 1.41. The van der Waals surface area contributed by atoms with Crippen LogP contribution in [0.3, 0.4) is 0 Å². The van der Waals surface area contributed by atoms with Crippen LogP contribution in [0.25, 0.3) is 0 Å². The molecule has 0 atom stereocenters. The lowest BCUT2D eigenvalue weighted by Crippen LogP contribution is -2.05. The van der Waals surface area contributed by atoms with Gasteiger partial charge in [-0.1, -0.05) is 6.07 Å². The number of aromatic hydroxyl groups is 1. The molecule has 0 aromatic heterocycles. The van der Waals surface area contributed by atoms with E-state index in [9.17, 15) is 9.90 Å². The molecule has 1 aromatic carbocycles. The van der Waals surface area contributed by atoms with Crippen LogP contribution in [0.15, 0.2) is 12.1 Å². The Labute approximate surface area is 88.1 Å². The first-order chi connectivity index (χ1) is 7.11. The predicted molar refractivity (Wildman–Crippen MR) is 55.0 cm³/mol. The molecule has 0 aliphatic heterocycles. The number of hydrogen-bond donors (Lipinski definition) is 2. The van der Waals surface area contributed by atoms with Crippen molar-refractivity contribution in [3.63, 3.8) is 0 Å². The van der Waals surface area contributed by atoms with Crippen LogP contribution in [0.5, 0.6) is 5.75 Å². The summed E-state index contributed by atoms with van der Waals surface area (Å²) in [6.07, 6.45) is 0.369. The maximum absolute atomic E-state index is 11.3. The number of aliphatic hydroxyl groups excluding tert-OH is 1.